The lowest BCUT2D eigenvalue weighted by atomic mass is 10.1. The molecule has 1 unspecified atom stereocenters. The third kappa shape index (κ3) is 4.74. The van der Waals surface area contributed by atoms with Gasteiger partial charge in [-0.05, 0) is 17.5 Å². The van der Waals surface area contributed by atoms with Crippen LogP contribution in [0.1, 0.15) is 17.5 Å². The van der Waals surface area contributed by atoms with Crippen molar-refractivity contribution in [3.8, 4) is 17.2 Å². The average Bonchev–Trinajstić information content (AvgIpc) is 3.21. The molecule has 1 aliphatic rings. The molecule has 1 atom stereocenters. The minimum absolute atomic E-state index is 0.229. The Bertz CT molecular complexity index is 1200. The Labute approximate surface area is 192 Å². The number of methoxy groups -OCH3 is 3. The number of aliphatic hydroxyl groups excluding tert-OH is 1. The summed E-state index contributed by atoms with van der Waals surface area (Å²) in [6.45, 7) is 2.99. The summed E-state index contributed by atoms with van der Waals surface area (Å²) in [7, 11) is 6.38. The number of benzene rings is 2. The van der Waals surface area contributed by atoms with E-state index in [1.54, 1.807) is 6.07 Å². The highest BCUT2D eigenvalue weighted by Gasteiger charge is 2.22. The third-order valence-electron chi connectivity index (χ3n) is 5.91. The van der Waals surface area contributed by atoms with E-state index in [2.05, 4.69) is 33.1 Å². The highest BCUT2D eigenvalue weighted by Crippen LogP contribution is 2.41. The van der Waals surface area contributed by atoms with E-state index in [9.17, 15) is 9.90 Å². The molecule has 0 spiro atoms. The van der Waals surface area contributed by atoms with Gasteiger partial charge in [-0.3, -0.25) is 14.7 Å². The van der Waals surface area contributed by atoms with Crippen LogP contribution < -0.4 is 24.7 Å². The van der Waals surface area contributed by atoms with Gasteiger partial charge in [0.1, 0.15) is 5.39 Å². The second kappa shape index (κ2) is 9.68. The summed E-state index contributed by atoms with van der Waals surface area (Å²) in [6.07, 6.45) is 0.595. The zero-order valence-corrected chi connectivity index (χ0v) is 19.4. The number of aliphatic hydroxyl groups is 1. The summed E-state index contributed by atoms with van der Waals surface area (Å²) in [5, 5.41) is 10.1. The van der Waals surface area contributed by atoms with Crippen LogP contribution in [0.25, 0.3) is 10.9 Å². The lowest BCUT2D eigenvalue weighted by Crippen LogP contribution is -2.24. The minimum Gasteiger partial charge on any atom is -0.493 e. The lowest BCUT2D eigenvalue weighted by molar-refractivity contribution is 0.175. The van der Waals surface area contributed by atoms with Crippen molar-refractivity contribution in [2.24, 2.45) is 0 Å². The molecule has 9 nitrogen and oxygen atoms in total. The Morgan fingerprint density at radius 3 is 2.58 bits per heavy atom. The quantitative estimate of drug-likeness (QED) is 0.534. The number of hydrogen-bond acceptors (Lipinski definition) is 8. The number of ether oxygens (including phenoxy) is 3. The van der Waals surface area contributed by atoms with E-state index in [-0.39, 0.29) is 17.4 Å². The fraction of sp³-hybridized carbons (Fsp3) is 0.417. The molecule has 9 heteroatoms. The van der Waals surface area contributed by atoms with Crippen LogP contribution in [0.4, 0.5) is 5.95 Å². The predicted octanol–water partition coefficient (Wildman–Crippen LogP) is 2.15. The molecule has 176 valence electrons. The number of hydrogen-bond donors (Lipinski definition) is 2. The molecule has 1 fully saturated rings. The summed E-state index contributed by atoms with van der Waals surface area (Å²) in [4.78, 5) is 24.6. The normalized spacial score (nSPS) is 16.2. The molecule has 2 aromatic carbocycles. The Balaban J connectivity index is 1.60. The van der Waals surface area contributed by atoms with Crippen LogP contribution in [0.5, 0.6) is 17.2 Å². The molecule has 0 radical (unpaired) electrons. The molecular formula is C24H30N4O5. The molecule has 2 heterocycles. The van der Waals surface area contributed by atoms with E-state index < -0.39 is 0 Å². The van der Waals surface area contributed by atoms with Crippen molar-refractivity contribution in [3.05, 3.63) is 51.8 Å². The number of rotatable bonds is 8. The topological polar surface area (TPSA) is 100 Å². The molecule has 0 saturated carbocycles. The van der Waals surface area contributed by atoms with Crippen LogP contribution in [0, 0.1) is 0 Å². The second-order valence-electron chi connectivity index (χ2n) is 8.28. The van der Waals surface area contributed by atoms with E-state index in [0.717, 1.165) is 25.1 Å². The summed E-state index contributed by atoms with van der Waals surface area (Å²) in [5.74, 6) is 1.51. The molecule has 2 N–H and O–H groups in total. The largest absolute Gasteiger partial charge is 0.493 e. The van der Waals surface area contributed by atoms with E-state index >= 15 is 0 Å². The van der Waals surface area contributed by atoms with Crippen molar-refractivity contribution >= 4 is 16.9 Å². The van der Waals surface area contributed by atoms with Crippen LogP contribution in [-0.2, 0) is 13.1 Å². The number of anilines is 1. The van der Waals surface area contributed by atoms with E-state index in [1.165, 1.54) is 26.9 Å². The first-order chi connectivity index (χ1) is 15.9. The summed E-state index contributed by atoms with van der Waals surface area (Å²) < 4.78 is 16.2. The van der Waals surface area contributed by atoms with Crippen LogP contribution in [0.15, 0.2) is 35.1 Å². The van der Waals surface area contributed by atoms with E-state index in [4.69, 9.17) is 14.2 Å². The smallest absolute Gasteiger partial charge is 0.264 e. The zero-order valence-electron chi connectivity index (χ0n) is 19.4. The Morgan fingerprint density at radius 2 is 1.91 bits per heavy atom. The first kappa shape index (κ1) is 22.9. The number of aromatic amines is 1. The molecule has 4 rings (SSSR count). The van der Waals surface area contributed by atoms with Gasteiger partial charge in [-0.1, -0.05) is 24.3 Å². The van der Waals surface area contributed by atoms with Crippen molar-refractivity contribution in [1.29, 1.82) is 0 Å². The highest BCUT2D eigenvalue weighted by molar-refractivity contribution is 5.90. The fourth-order valence-corrected chi connectivity index (χ4v) is 4.33. The fourth-order valence-electron chi connectivity index (χ4n) is 4.33. The van der Waals surface area contributed by atoms with Crippen molar-refractivity contribution in [2.75, 3.05) is 46.4 Å². The van der Waals surface area contributed by atoms with Gasteiger partial charge in [0.15, 0.2) is 11.5 Å². The average molecular weight is 455 g/mol. The third-order valence-corrected chi connectivity index (χ3v) is 5.91. The number of likely N-dealkylation sites (tertiary alicyclic amines) is 1. The SMILES string of the molecule is COc1cc2nc(N(C)Cc3cccc(CN4CCC(O)C4)c3)[nH]c(=O)c2c(OC)c1OC. The predicted molar refractivity (Wildman–Crippen MR) is 126 cm³/mol. The maximum atomic E-state index is 13.0. The van der Waals surface area contributed by atoms with Crippen molar-refractivity contribution < 1.29 is 19.3 Å². The molecule has 0 aliphatic carbocycles. The zero-order chi connectivity index (χ0) is 23.5. The van der Waals surface area contributed by atoms with Gasteiger partial charge in [0.2, 0.25) is 11.7 Å². The van der Waals surface area contributed by atoms with Crippen molar-refractivity contribution in [2.45, 2.75) is 25.6 Å². The second-order valence-corrected chi connectivity index (χ2v) is 8.28. The van der Waals surface area contributed by atoms with Gasteiger partial charge >= 0.3 is 0 Å². The standard InChI is InChI=1S/C24H30N4O5/c1-27(12-15-6-5-7-16(10-15)13-28-9-8-17(29)14-28)24-25-18-11-19(31-2)21(32-3)22(33-4)20(18)23(30)26-24/h5-7,10-11,17,29H,8-9,12-14H2,1-4H3,(H,25,26,30). The van der Waals surface area contributed by atoms with Crippen LogP contribution in [-0.4, -0.2) is 67.5 Å². The number of nitrogens with one attached hydrogen (secondary N) is 1. The van der Waals surface area contributed by atoms with Crippen molar-refractivity contribution in [1.82, 2.24) is 14.9 Å². The first-order valence-electron chi connectivity index (χ1n) is 10.9. The van der Waals surface area contributed by atoms with E-state index in [1.807, 2.05) is 18.0 Å². The summed E-state index contributed by atoms with van der Waals surface area (Å²) in [6, 6.07) is 10.0. The number of β-amino-alcohol motifs (C(OH)–C–C–N with tert-alkyl or cyclic N) is 1. The Morgan fingerprint density at radius 1 is 1.15 bits per heavy atom. The van der Waals surface area contributed by atoms with Crippen LogP contribution in [0.2, 0.25) is 0 Å². The number of H-pyrrole nitrogens is 1. The maximum absolute atomic E-state index is 13.0. The number of nitrogens with zero attached hydrogens (tertiary/aromatic N) is 3. The molecule has 3 aromatic rings. The van der Waals surface area contributed by atoms with Crippen LogP contribution >= 0.6 is 0 Å². The molecule has 0 bridgehead atoms. The van der Waals surface area contributed by atoms with Gasteiger partial charge in [0.05, 0.1) is 33.0 Å². The monoisotopic (exact) mass is 454 g/mol. The highest BCUT2D eigenvalue weighted by atomic mass is 16.5. The Kier molecular flexibility index (Phi) is 6.71. The Hall–Kier alpha value is -3.30. The molecule has 1 aromatic heterocycles. The van der Waals surface area contributed by atoms with Crippen LogP contribution in [0.3, 0.4) is 0 Å². The summed E-state index contributed by atoms with van der Waals surface area (Å²) in [5.41, 5.74) is 2.43. The molecule has 33 heavy (non-hydrogen) atoms. The van der Waals surface area contributed by atoms with Gasteiger partial charge in [0, 0.05) is 39.3 Å². The number of fused-ring (bicyclic) bond motifs is 1. The van der Waals surface area contributed by atoms with Crippen molar-refractivity contribution in [3.63, 3.8) is 0 Å². The minimum atomic E-state index is -0.319. The first-order valence-corrected chi connectivity index (χ1v) is 10.9. The summed E-state index contributed by atoms with van der Waals surface area (Å²) >= 11 is 0. The number of aromatic nitrogens is 2. The lowest BCUT2D eigenvalue weighted by Gasteiger charge is -2.20. The van der Waals surface area contributed by atoms with Gasteiger partial charge < -0.3 is 24.2 Å². The molecule has 1 aliphatic heterocycles. The molecule has 0 amide bonds. The van der Waals surface area contributed by atoms with E-state index in [0.29, 0.717) is 41.4 Å². The molecular weight excluding hydrogens is 424 g/mol. The van der Waals surface area contributed by atoms with Gasteiger partial charge in [-0.25, -0.2) is 4.98 Å². The van der Waals surface area contributed by atoms with Gasteiger partial charge in [-0.2, -0.15) is 0 Å². The van der Waals surface area contributed by atoms with Gasteiger partial charge in [-0.15, -0.1) is 0 Å². The van der Waals surface area contributed by atoms with Gasteiger partial charge in [0.25, 0.3) is 5.56 Å². The molecule has 1 saturated heterocycles. The maximum Gasteiger partial charge on any atom is 0.264 e.